The first kappa shape index (κ1) is 22.1. The fourth-order valence-corrected chi connectivity index (χ4v) is 2.62. The molecule has 2 rings (SSSR count). The summed E-state index contributed by atoms with van der Waals surface area (Å²) < 4.78 is 39.8. The third-order valence-electron chi connectivity index (χ3n) is 4.08. The Kier molecular flexibility index (Phi) is 7.52. The highest BCUT2D eigenvalue weighted by atomic mass is 19.3. The topological polar surface area (TPSA) is 73.9 Å². The van der Waals surface area contributed by atoms with Gasteiger partial charge < -0.3 is 19.5 Å². The van der Waals surface area contributed by atoms with Crippen molar-refractivity contribution in [3.05, 3.63) is 53.1 Å². The molecular weight excluding hydrogens is 384 g/mol. The summed E-state index contributed by atoms with van der Waals surface area (Å²) in [6.07, 6.45) is -1.07. The second kappa shape index (κ2) is 9.86. The van der Waals surface area contributed by atoms with E-state index in [0.717, 1.165) is 11.1 Å². The molecular formula is C21H23F2NO5. The number of carbonyl (C=O) groups excluding carboxylic acids is 2. The lowest BCUT2D eigenvalue weighted by Gasteiger charge is -2.17. The molecule has 0 spiro atoms. The molecule has 0 saturated heterocycles. The maximum atomic E-state index is 12.5. The number of benzene rings is 2. The van der Waals surface area contributed by atoms with Crippen molar-refractivity contribution < 1.29 is 32.6 Å². The Bertz CT molecular complexity index is 865. The number of amides is 1. The van der Waals surface area contributed by atoms with E-state index in [4.69, 9.17) is 9.47 Å². The zero-order valence-corrected chi connectivity index (χ0v) is 16.6. The molecule has 0 heterocycles. The Morgan fingerprint density at radius 1 is 1.07 bits per heavy atom. The van der Waals surface area contributed by atoms with Crippen LogP contribution >= 0.6 is 0 Å². The first-order chi connectivity index (χ1) is 13.7. The predicted octanol–water partition coefficient (Wildman–Crippen LogP) is 4.49. The number of hydrogen-bond donors (Lipinski definition) is 1. The highest BCUT2D eigenvalue weighted by molar-refractivity contribution is 5.98. The number of carbonyl (C=O) groups is 2. The van der Waals surface area contributed by atoms with Crippen molar-refractivity contribution in [2.75, 3.05) is 11.9 Å². The van der Waals surface area contributed by atoms with Crippen LogP contribution in [0.3, 0.4) is 0 Å². The zero-order chi connectivity index (χ0) is 21.6. The lowest BCUT2D eigenvalue weighted by Crippen LogP contribution is -2.30. The number of aryl methyl sites for hydroxylation is 2. The van der Waals surface area contributed by atoms with Crippen LogP contribution in [0.15, 0.2) is 36.4 Å². The smallest absolute Gasteiger partial charge is 0.387 e. The lowest BCUT2D eigenvalue weighted by atomic mass is 10.1. The molecule has 2 aromatic rings. The third kappa shape index (κ3) is 5.91. The van der Waals surface area contributed by atoms with E-state index in [1.165, 1.54) is 25.1 Å². The van der Waals surface area contributed by atoms with Gasteiger partial charge in [-0.15, -0.1) is 0 Å². The molecule has 0 aromatic heterocycles. The number of para-hydroxylation sites is 1. The second-order valence-corrected chi connectivity index (χ2v) is 6.28. The molecule has 8 heteroatoms. The molecule has 0 aliphatic rings. The van der Waals surface area contributed by atoms with Gasteiger partial charge in [0.2, 0.25) is 0 Å². The van der Waals surface area contributed by atoms with E-state index < -0.39 is 24.6 Å². The van der Waals surface area contributed by atoms with E-state index >= 15 is 0 Å². The minimum atomic E-state index is -3.03. The lowest BCUT2D eigenvalue weighted by molar-refractivity contribution is -0.123. The molecule has 1 atom stereocenters. The molecule has 2 aromatic carbocycles. The summed E-state index contributed by atoms with van der Waals surface area (Å²) in [7, 11) is 0. The third-order valence-corrected chi connectivity index (χ3v) is 4.08. The van der Waals surface area contributed by atoms with Crippen molar-refractivity contribution in [3.63, 3.8) is 0 Å². The minimum absolute atomic E-state index is 0.0186. The van der Waals surface area contributed by atoms with Crippen molar-refractivity contribution in [1.29, 1.82) is 0 Å². The highest BCUT2D eigenvalue weighted by Gasteiger charge is 2.22. The number of ether oxygens (including phenoxy) is 3. The predicted molar refractivity (Wildman–Crippen MR) is 104 cm³/mol. The quantitative estimate of drug-likeness (QED) is 0.653. The van der Waals surface area contributed by atoms with Gasteiger partial charge in [0, 0.05) is 5.69 Å². The number of halogens is 2. The van der Waals surface area contributed by atoms with Gasteiger partial charge in [0.15, 0.2) is 17.6 Å². The standard InChI is InChI=1S/C21H23F2NO5/c1-5-27-17-11-15(9-10-16(17)29-21(22)23)20(26)28-14(4)19(25)24-18-12(2)7-6-8-13(18)3/h6-11,14,21H,5H2,1-4H3,(H,24,25)/t14-/m1/s1. The van der Waals surface area contributed by atoms with Gasteiger partial charge >= 0.3 is 12.6 Å². The molecule has 0 aliphatic carbocycles. The van der Waals surface area contributed by atoms with Crippen LogP contribution in [-0.4, -0.2) is 31.2 Å². The van der Waals surface area contributed by atoms with Crippen LogP contribution in [-0.2, 0) is 9.53 Å². The van der Waals surface area contributed by atoms with Gasteiger partial charge in [-0.1, -0.05) is 18.2 Å². The molecule has 1 N–H and O–H groups in total. The number of rotatable bonds is 8. The number of alkyl halides is 2. The molecule has 156 valence electrons. The van der Waals surface area contributed by atoms with Crippen LogP contribution in [0.25, 0.3) is 0 Å². The van der Waals surface area contributed by atoms with E-state index in [2.05, 4.69) is 10.1 Å². The Morgan fingerprint density at radius 3 is 2.31 bits per heavy atom. The highest BCUT2D eigenvalue weighted by Crippen LogP contribution is 2.30. The van der Waals surface area contributed by atoms with Crippen molar-refractivity contribution >= 4 is 17.6 Å². The normalized spacial score (nSPS) is 11.7. The van der Waals surface area contributed by atoms with Crippen molar-refractivity contribution in [3.8, 4) is 11.5 Å². The summed E-state index contributed by atoms with van der Waals surface area (Å²) >= 11 is 0. The molecule has 6 nitrogen and oxygen atoms in total. The first-order valence-corrected chi connectivity index (χ1v) is 9.02. The summed E-state index contributed by atoms with van der Waals surface area (Å²) in [5.41, 5.74) is 2.47. The summed E-state index contributed by atoms with van der Waals surface area (Å²) in [5, 5.41) is 2.75. The van der Waals surface area contributed by atoms with Crippen LogP contribution < -0.4 is 14.8 Å². The molecule has 0 aliphatic heterocycles. The Hall–Kier alpha value is -3.16. The first-order valence-electron chi connectivity index (χ1n) is 9.02. The molecule has 0 unspecified atom stereocenters. The average molecular weight is 407 g/mol. The number of hydrogen-bond acceptors (Lipinski definition) is 5. The summed E-state index contributed by atoms with van der Waals surface area (Å²) in [4.78, 5) is 24.8. The summed E-state index contributed by atoms with van der Waals surface area (Å²) in [5.74, 6) is -1.49. The second-order valence-electron chi connectivity index (χ2n) is 6.28. The van der Waals surface area contributed by atoms with Crippen molar-refractivity contribution in [2.45, 2.75) is 40.4 Å². The monoisotopic (exact) mass is 407 g/mol. The van der Waals surface area contributed by atoms with Crippen LogP contribution in [0.1, 0.15) is 35.3 Å². The van der Waals surface area contributed by atoms with Crippen LogP contribution in [0.4, 0.5) is 14.5 Å². The van der Waals surface area contributed by atoms with Gasteiger partial charge in [-0.3, -0.25) is 4.79 Å². The maximum absolute atomic E-state index is 12.5. The minimum Gasteiger partial charge on any atom is -0.490 e. The molecule has 0 bridgehead atoms. The number of esters is 1. The molecule has 1 amide bonds. The van der Waals surface area contributed by atoms with Gasteiger partial charge in [0.25, 0.3) is 5.91 Å². The van der Waals surface area contributed by atoms with Gasteiger partial charge in [-0.2, -0.15) is 8.78 Å². The van der Waals surface area contributed by atoms with Crippen molar-refractivity contribution in [2.24, 2.45) is 0 Å². The molecule has 0 radical (unpaired) electrons. The van der Waals surface area contributed by atoms with E-state index in [1.54, 1.807) is 6.92 Å². The zero-order valence-electron chi connectivity index (χ0n) is 16.6. The molecule has 0 saturated carbocycles. The number of anilines is 1. The number of nitrogens with one attached hydrogen (secondary N) is 1. The van der Waals surface area contributed by atoms with Crippen LogP contribution in [0.5, 0.6) is 11.5 Å². The Morgan fingerprint density at radius 2 is 1.72 bits per heavy atom. The van der Waals surface area contributed by atoms with Gasteiger partial charge in [-0.25, -0.2) is 4.79 Å². The fourth-order valence-electron chi connectivity index (χ4n) is 2.62. The van der Waals surface area contributed by atoms with E-state index in [-0.39, 0.29) is 23.7 Å². The average Bonchev–Trinajstić information content (AvgIpc) is 2.65. The van der Waals surface area contributed by atoms with E-state index in [0.29, 0.717) is 5.69 Å². The summed E-state index contributed by atoms with van der Waals surface area (Å²) in [6.45, 7) is 3.98. The van der Waals surface area contributed by atoms with Crippen molar-refractivity contribution in [1.82, 2.24) is 0 Å². The maximum Gasteiger partial charge on any atom is 0.387 e. The van der Waals surface area contributed by atoms with Crippen LogP contribution in [0, 0.1) is 13.8 Å². The van der Waals surface area contributed by atoms with E-state index in [1.807, 2.05) is 32.0 Å². The SMILES string of the molecule is CCOc1cc(C(=O)O[C@H](C)C(=O)Nc2c(C)cccc2C)ccc1OC(F)F. The van der Waals surface area contributed by atoms with Gasteiger partial charge in [0.1, 0.15) is 0 Å². The van der Waals surface area contributed by atoms with Gasteiger partial charge in [-0.05, 0) is 57.0 Å². The Labute approximate surface area is 167 Å². The Balaban J connectivity index is 2.10. The van der Waals surface area contributed by atoms with Crippen LogP contribution in [0.2, 0.25) is 0 Å². The molecule has 29 heavy (non-hydrogen) atoms. The fraction of sp³-hybridized carbons (Fsp3) is 0.333. The largest absolute Gasteiger partial charge is 0.490 e. The van der Waals surface area contributed by atoms with Gasteiger partial charge in [0.05, 0.1) is 12.2 Å². The molecule has 0 fully saturated rings. The van der Waals surface area contributed by atoms with E-state index in [9.17, 15) is 18.4 Å². The summed E-state index contributed by atoms with van der Waals surface area (Å²) in [6, 6.07) is 9.28.